The van der Waals surface area contributed by atoms with Gasteiger partial charge in [-0.05, 0) is 50.4 Å². The van der Waals surface area contributed by atoms with Gasteiger partial charge in [-0.15, -0.1) is 0 Å². The molecule has 0 saturated carbocycles. The Kier molecular flexibility index (Phi) is 4.85. The summed E-state index contributed by atoms with van der Waals surface area (Å²) in [6, 6.07) is 8.53. The van der Waals surface area contributed by atoms with E-state index in [1.54, 1.807) is 0 Å². The minimum absolute atomic E-state index is 0.00861. The molecule has 3 unspecified atom stereocenters. The zero-order chi connectivity index (χ0) is 15.7. The summed E-state index contributed by atoms with van der Waals surface area (Å²) in [6.07, 6.45) is 4.22. The second kappa shape index (κ2) is 6.69. The molecule has 2 bridgehead atoms. The van der Waals surface area contributed by atoms with Crippen LogP contribution >= 0.6 is 15.9 Å². The molecule has 1 aromatic rings. The highest BCUT2D eigenvalue weighted by molar-refractivity contribution is 9.10. The smallest absolute Gasteiger partial charge is 0.316 e. The maximum absolute atomic E-state index is 12.4. The first kappa shape index (κ1) is 16.0. The first-order valence-corrected chi connectivity index (χ1v) is 8.66. The predicted molar refractivity (Wildman–Crippen MR) is 87.7 cm³/mol. The van der Waals surface area contributed by atoms with Crippen LogP contribution in [0.1, 0.15) is 37.2 Å². The van der Waals surface area contributed by atoms with E-state index >= 15 is 0 Å². The molecule has 0 amide bonds. The largest absolute Gasteiger partial charge is 0.462 e. The van der Waals surface area contributed by atoms with Crippen LogP contribution in [-0.4, -0.2) is 47.8 Å². The number of carbonyl (C=O) groups excluding carboxylic acids is 1. The number of fused-ring (bicyclic) bond motifs is 2. The number of benzene rings is 1. The first-order valence-electron chi connectivity index (χ1n) is 7.87. The molecule has 0 aliphatic carbocycles. The summed E-state index contributed by atoms with van der Waals surface area (Å²) in [5, 5.41) is 9.59. The standard InChI is InChI=1S/C17H22BrNO3/c1-19-13-6-7-14(19)9-15(8-13)22-17(21)16(10-20)11-2-4-12(18)5-3-11/h2-5,13-16,20H,6-10H2,1H3. The van der Waals surface area contributed by atoms with E-state index in [9.17, 15) is 9.90 Å². The van der Waals surface area contributed by atoms with E-state index in [-0.39, 0.29) is 18.7 Å². The summed E-state index contributed by atoms with van der Waals surface area (Å²) < 4.78 is 6.67. The van der Waals surface area contributed by atoms with E-state index in [2.05, 4.69) is 27.9 Å². The zero-order valence-electron chi connectivity index (χ0n) is 12.7. The van der Waals surface area contributed by atoms with E-state index in [1.807, 2.05) is 24.3 Å². The molecule has 0 aromatic heterocycles. The van der Waals surface area contributed by atoms with Gasteiger partial charge in [0.2, 0.25) is 0 Å². The molecule has 0 radical (unpaired) electrons. The number of ether oxygens (including phenoxy) is 1. The molecule has 4 nitrogen and oxygen atoms in total. The summed E-state index contributed by atoms with van der Waals surface area (Å²) in [6.45, 7) is -0.222. The zero-order valence-corrected chi connectivity index (χ0v) is 14.3. The van der Waals surface area contributed by atoms with Gasteiger partial charge < -0.3 is 14.7 Å². The molecule has 5 heteroatoms. The van der Waals surface area contributed by atoms with Crippen LogP contribution in [-0.2, 0) is 9.53 Å². The predicted octanol–water partition coefficient (Wildman–Crippen LogP) is 2.69. The van der Waals surface area contributed by atoms with Crippen molar-refractivity contribution >= 4 is 21.9 Å². The third-order valence-corrected chi connectivity index (χ3v) is 5.61. The fourth-order valence-electron chi connectivity index (χ4n) is 3.72. The molecule has 3 rings (SSSR count). The monoisotopic (exact) mass is 367 g/mol. The van der Waals surface area contributed by atoms with Crippen molar-refractivity contribution in [2.75, 3.05) is 13.7 Å². The molecule has 120 valence electrons. The molecule has 0 spiro atoms. The number of hydrogen-bond acceptors (Lipinski definition) is 4. The lowest BCUT2D eigenvalue weighted by Crippen LogP contribution is -2.43. The lowest BCUT2D eigenvalue weighted by molar-refractivity contribution is -0.155. The summed E-state index contributed by atoms with van der Waals surface area (Å²) in [4.78, 5) is 14.9. The maximum Gasteiger partial charge on any atom is 0.316 e. The van der Waals surface area contributed by atoms with Gasteiger partial charge in [-0.2, -0.15) is 0 Å². The number of aliphatic hydroxyl groups is 1. The van der Waals surface area contributed by atoms with Gasteiger partial charge in [-0.1, -0.05) is 28.1 Å². The third kappa shape index (κ3) is 3.21. The summed E-state index contributed by atoms with van der Waals surface area (Å²) in [5.74, 6) is -0.899. The van der Waals surface area contributed by atoms with Gasteiger partial charge in [0.05, 0.1) is 6.61 Å². The summed E-state index contributed by atoms with van der Waals surface area (Å²) >= 11 is 3.38. The molecule has 3 atom stereocenters. The highest BCUT2D eigenvalue weighted by Gasteiger charge is 2.40. The van der Waals surface area contributed by atoms with Crippen LogP contribution in [0.25, 0.3) is 0 Å². The Hall–Kier alpha value is -0.910. The van der Waals surface area contributed by atoms with Gasteiger partial charge in [-0.25, -0.2) is 0 Å². The molecule has 2 heterocycles. The number of piperidine rings is 1. The van der Waals surface area contributed by atoms with Crippen molar-refractivity contribution < 1.29 is 14.6 Å². The topological polar surface area (TPSA) is 49.8 Å². The SMILES string of the molecule is CN1C2CCC1CC(OC(=O)C(CO)c1ccc(Br)cc1)C2. The first-order chi connectivity index (χ1) is 10.6. The maximum atomic E-state index is 12.4. The third-order valence-electron chi connectivity index (χ3n) is 5.08. The Balaban J connectivity index is 1.64. The minimum Gasteiger partial charge on any atom is -0.462 e. The second-order valence-electron chi connectivity index (χ2n) is 6.37. The van der Waals surface area contributed by atoms with Crippen molar-refractivity contribution in [3.8, 4) is 0 Å². The number of hydrogen-bond donors (Lipinski definition) is 1. The lowest BCUT2D eigenvalue weighted by atomic mass is 9.98. The van der Waals surface area contributed by atoms with Gasteiger partial charge in [0.25, 0.3) is 0 Å². The number of halogens is 1. The average molecular weight is 368 g/mol. The van der Waals surface area contributed by atoms with Crippen molar-refractivity contribution in [2.24, 2.45) is 0 Å². The average Bonchev–Trinajstić information content (AvgIpc) is 2.72. The summed E-state index contributed by atoms with van der Waals surface area (Å²) in [5.41, 5.74) is 0.798. The Morgan fingerprint density at radius 1 is 1.32 bits per heavy atom. The van der Waals surface area contributed by atoms with Crippen molar-refractivity contribution in [3.63, 3.8) is 0 Å². The minimum atomic E-state index is -0.592. The molecule has 2 aliphatic rings. The van der Waals surface area contributed by atoms with Crippen molar-refractivity contribution in [3.05, 3.63) is 34.3 Å². The van der Waals surface area contributed by atoms with E-state index in [0.717, 1.165) is 22.9 Å². The van der Waals surface area contributed by atoms with Gasteiger partial charge >= 0.3 is 5.97 Å². The van der Waals surface area contributed by atoms with Crippen LogP contribution in [0, 0.1) is 0 Å². The Morgan fingerprint density at radius 2 is 1.91 bits per heavy atom. The molecule has 22 heavy (non-hydrogen) atoms. The Labute approximate surface area is 139 Å². The van der Waals surface area contributed by atoms with Crippen LogP contribution in [0.4, 0.5) is 0 Å². The summed E-state index contributed by atoms with van der Waals surface area (Å²) in [7, 11) is 2.17. The fraction of sp³-hybridized carbons (Fsp3) is 0.588. The van der Waals surface area contributed by atoms with E-state index < -0.39 is 5.92 Å². The fourth-order valence-corrected chi connectivity index (χ4v) is 3.98. The van der Waals surface area contributed by atoms with E-state index in [0.29, 0.717) is 12.1 Å². The number of esters is 1. The highest BCUT2D eigenvalue weighted by Crippen LogP contribution is 2.36. The van der Waals surface area contributed by atoms with Crippen LogP contribution in [0.5, 0.6) is 0 Å². The molecular formula is C17H22BrNO3. The van der Waals surface area contributed by atoms with Gasteiger partial charge in [-0.3, -0.25) is 4.79 Å². The number of nitrogens with zero attached hydrogens (tertiary/aromatic N) is 1. The molecule has 2 fully saturated rings. The van der Waals surface area contributed by atoms with Crippen molar-refractivity contribution in [1.82, 2.24) is 4.90 Å². The van der Waals surface area contributed by atoms with E-state index in [4.69, 9.17) is 4.74 Å². The number of aliphatic hydroxyl groups excluding tert-OH is 1. The molecule has 1 N–H and O–H groups in total. The van der Waals surface area contributed by atoms with Gasteiger partial charge in [0, 0.05) is 16.6 Å². The van der Waals surface area contributed by atoms with Crippen molar-refractivity contribution in [1.29, 1.82) is 0 Å². The number of carbonyl (C=O) groups is 1. The molecular weight excluding hydrogens is 346 g/mol. The number of rotatable bonds is 4. The normalized spacial score (nSPS) is 29.3. The van der Waals surface area contributed by atoms with Crippen molar-refractivity contribution in [2.45, 2.75) is 49.8 Å². The van der Waals surface area contributed by atoms with Gasteiger partial charge in [0.1, 0.15) is 12.0 Å². The van der Waals surface area contributed by atoms with Crippen LogP contribution < -0.4 is 0 Å². The molecule has 1 aromatic carbocycles. The molecule has 2 saturated heterocycles. The Bertz CT molecular complexity index is 519. The quantitative estimate of drug-likeness (QED) is 0.831. The van der Waals surface area contributed by atoms with Crippen LogP contribution in [0.3, 0.4) is 0 Å². The molecule has 2 aliphatic heterocycles. The van der Waals surface area contributed by atoms with Crippen LogP contribution in [0.15, 0.2) is 28.7 Å². The second-order valence-corrected chi connectivity index (χ2v) is 7.28. The Morgan fingerprint density at radius 3 is 2.45 bits per heavy atom. The van der Waals surface area contributed by atoms with E-state index in [1.165, 1.54) is 12.8 Å². The van der Waals surface area contributed by atoms with Crippen LogP contribution in [0.2, 0.25) is 0 Å². The van der Waals surface area contributed by atoms with Gasteiger partial charge in [0.15, 0.2) is 0 Å². The highest BCUT2D eigenvalue weighted by atomic mass is 79.9. The lowest BCUT2D eigenvalue weighted by Gasteiger charge is -2.36.